The van der Waals surface area contributed by atoms with E-state index in [9.17, 15) is 19.1 Å². The molecule has 2 fully saturated rings. The summed E-state index contributed by atoms with van der Waals surface area (Å²) in [5, 5.41) is 9.98. The van der Waals surface area contributed by atoms with Crippen LogP contribution in [-0.4, -0.2) is 63.5 Å². The third-order valence-electron chi connectivity index (χ3n) is 5.97. The maximum Gasteiger partial charge on any atom is 0.256 e. The molecular formula is C23H22FN3O4. The number of hydrogen-bond donors (Lipinski definition) is 1. The predicted octanol–water partition coefficient (Wildman–Crippen LogP) is 2.75. The van der Waals surface area contributed by atoms with Crippen molar-refractivity contribution in [3.63, 3.8) is 0 Å². The van der Waals surface area contributed by atoms with Crippen LogP contribution in [0, 0.1) is 12.7 Å². The fraction of sp³-hybridized carbons (Fsp3) is 0.348. The number of benzene rings is 2. The molecule has 1 N–H and O–H groups in total. The Bertz CT molecular complexity index is 1190. The van der Waals surface area contributed by atoms with E-state index >= 15 is 0 Å². The van der Waals surface area contributed by atoms with E-state index in [4.69, 9.17) is 4.42 Å². The van der Waals surface area contributed by atoms with Crippen molar-refractivity contribution in [2.75, 3.05) is 26.2 Å². The second kappa shape index (κ2) is 7.16. The van der Waals surface area contributed by atoms with Gasteiger partial charge in [-0.2, -0.15) is 0 Å². The minimum atomic E-state index is -1.21. The van der Waals surface area contributed by atoms with Crippen molar-refractivity contribution >= 4 is 22.9 Å². The summed E-state index contributed by atoms with van der Waals surface area (Å²) in [6, 6.07) is 9.96. The van der Waals surface area contributed by atoms with Gasteiger partial charge in [-0.1, -0.05) is 6.07 Å². The molecule has 1 aromatic heterocycles. The van der Waals surface area contributed by atoms with E-state index in [0.717, 1.165) is 5.56 Å². The Hall–Kier alpha value is -3.26. The molecule has 7 nitrogen and oxygen atoms in total. The maximum atomic E-state index is 14.8. The molecule has 2 heterocycles. The highest BCUT2D eigenvalue weighted by Gasteiger charge is 2.50. The molecule has 0 spiro atoms. The zero-order chi connectivity index (χ0) is 21.8. The van der Waals surface area contributed by atoms with E-state index in [-0.39, 0.29) is 11.5 Å². The number of rotatable bonds is 3. The van der Waals surface area contributed by atoms with Gasteiger partial charge < -0.3 is 19.3 Å². The number of amides is 2. The molecule has 0 radical (unpaired) electrons. The van der Waals surface area contributed by atoms with Gasteiger partial charge in [0.1, 0.15) is 16.9 Å². The largest absolute Gasteiger partial charge is 0.436 e. The van der Waals surface area contributed by atoms with Crippen molar-refractivity contribution in [3.05, 3.63) is 53.3 Å². The Balaban J connectivity index is 1.30. The second-order valence-electron chi connectivity index (χ2n) is 8.30. The fourth-order valence-corrected chi connectivity index (χ4v) is 3.89. The van der Waals surface area contributed by atoms with Crippen molar-refractivity contribution in [1.29, 1.82) is 0 Å². The maximum absolute atomic E-state index is 14.8. The molecule has 2 amide bonds. The highest BCUT2D eigenvalue weighted by molar-refractivity contribution is 5.95. The number of fused-ring (bicyclic) bond motifs is 1. The van der Waals surface area contributed by atoms with Gasteiger partial charge in [0.15, 0.2) is 5.58 Å². The highest BCUT2D eigenvalue weighted by atomic mass is 19.1. The van der Waals surface area contributed by atoms with Crippen LogP contribution in [0.25, 0.3) is 22.6 Å². The highest BCUT2D eigenvalue weighted by Crippen LogP contribution is 2.37. The van der Waals surface area contributed by atoms with E-state index in [1.54, 1.807) is 11.0 Å². The summed E-state index contributed by atoms with van der Waals surface area (Å²) in [4.78, 5) is 32.6. The van der Waals surface area contributed by atoms with Crippen LogP contribution >= 0.6 is 0 Å². The van der Waals surface area contributed by atoms with Gasteiger partial charge in [-0.15, -0.1) is 0 Å². The second-order valence-corrected chi connectivity index (χ2v) is 8.30. The van der Waals surface area contributed by atoms with Crippen LogP contribution in [0.3, 0.4) is 0 Å². The number of aromatic nitrogens is 1. The first kappa shape index (κ1) is 19.7. The Morgan fingerprint density at radius 3 is 2.45 bits per heavy atom. The minimum Gasteiger partial charge on any atom is -0.436 e. The molecule has 1 aliphatic carbocycles. The molecule has 1 saturated heterocycles. The molecule has 1 saturated carbocycles. The first-order valence-electron chi connectivity index (χ1n) is 10.3. The Labute approximate surface area is 178 Å². The molecular weight excluding hydrogens is 401 g/mol. The number of oxazole rings is 1. The topological polar surface area (TPSA) is 86.9 Å². The van der Waals surface area contributed by atoms with Crippen molar-refractivity contribution in [1.82, 2.24) is 14.8 Å². The normalized spacial score (nSPS) is 17.8. The number of hydrogen-bond acceptors (Lipinski definition) is 5. The predicted molar refractivity (Wildman–Crippen MR) is 111 cm³/mol. The summed E-state index contributed by atoms with van der Waals surface area (Å²) in [6.07, 6.45) is 0.977. The van der Waals surface area contributed by atoms with Crippen LogP contribution in [-0.2, 0) is 4.79 Å². The van der Waals surface area contributed by atoms with Crippen LogP contribution in [0.4, 0.5) is 4.39 Å². The van der Waals surface area contributed by atoms with Crippen LogP contribution in [0.2, 0.25) is 0 Å². The van der Waals surface area contributed by atoms with E-state index in [0.29, 0.717) is 61.6 Å². The lowest BCUT2D eigenvalue weighted by Crippen LogP contribution is -2.53. The van der Waals surface area contributed by atoms with Crippen LogP contribution < -0.4 is 0 Å². The number of aryl methyl sites for hydroxylation is 1. The number of piperazine rings is 1. The van der Waals surface area contributed by atoms with Gasteiger partial charge in [-0.25, -0.2) is 9.37 Å². The van der Waals surface area contributed by atoms with Gasteiger partial charge in [-0.3, -0.25) is 9.59 Å². The number of halogens is 1. The van der Waals surface area contributed by atoms with Crippen molar-refractivity contribution in [2.24, 2.45) is 0 Å². The zero-order valence-corrected chi connectivity index (χ0v) is 17.1. The summed E-state index contributed by atoms with van der Waals surface area (Å²) in [6.45, 7) is 3.20. The molecule has 2 aliphatic rings. The minimum absolute atomic E-state index is 0.0312. The first-order chi connectivity index (χ1) is 14.8. The van der Waals surface area contributed by atoms with Crippen LogP contribution in [0.15, 0.2) is 40.8 Å². The molecule has 5 rings (SSSR count). The number of nitrogens with zero attached hydrogens (tertiary/aromatic N) is 3. The lowest BCUT2D eigenvalue weighted by atomic mass is 10.1. The average molecular weight is 423 g/mol. The lowest BCUT2D eigenvalue weighted by Gasteiger charge is -2.35. The lowest BCUT2D eigenvalue weighted by molar-refractivity contribution is -0.143. The number of carbonyl (C=O) groups is 2. The van der Waals surface area contributed by atoms with E-state index in [1.807, 2.05) is 25.1 Å². The third kappa shape index (κ3) is 3.57. The summed E-state index contributed by atoms with van der Waals surface area (Å²) >= 11 is 0. The fourth-order valence-electron chi connectivity index (χ4n) is 3.89. The molecule has 0 bridgehead atoms. The summed E-state index contributed by atoms with van der Waals surface area (Å²) in [5.74, 6) is -1.05. The Kier molecular flexibility index (Phi) is 4.55. The van der Waals surface area contributed by atoms with Crippen LogP contribution in [0.1, 0.15) is 28.8 Å². The van der Waals surface area contributed by atoms with Gasteiger partial charge in [0, 0.05) is 31.7 Å². The molecule has 0 atom stereocenters. The molecule has 31 heavy (non-hydrogen) atoms. The van der Waals surface area contributed by atoms with Gasteiger partial charge in [0.2, 0.25) is 5.89 Å². The first-order valence-corrected chi connectivity index (χ1v) is 10.3. The van der Waals surface area contributed by atoms with Crippen LogP contribution in [0.5, 0.6) is 0 Å². The van der Waals surface area contributed by atoms with E-state index < -0.39 is 17.3 Å². The van der Waals surface area contributed by atoms with Gasteiger partial charge in [-0.05, 0) is 55.7 Å². The average Bonchev–Trinajstić information content (AvgIpc) is 3.38. The van der Waals surface area contributed by atoms with E-state index in [1.165, 1.54) is 17.0 Å². The smallest absolute Gasteiger partial charge is 0.256 e. The standard InChI is InChI=1S/C23H22FN3O4/c1-14-2-5-18-19(12-14)31-20(25-18)15-3-4-16(17(24)13-15)21(28)26-8-10-27(11-9-26)22(29)23(30)6-7-23/h2-5,12-13,30H,6-11H2,1H3. The monoisotopic (exact) mass is 423 g/mol. The van der Waals surface area contributed by atoms with Crippen molar-refractivity contribution in [3.8, 4) is 11.5 Å². The van der Waals surface area contributed by atoms with Crippen molar-refractivity contribution < 1.29 is 23.5 Å². The Morgan fingerprint density at radius 1 is 1.06 bits per heavy atom. The number of aliphatic hydroxyl groups is 1. The molecule has 160 valence electrons. The summed E-state index contributed by atoms with van der Waals surface area (Å²) < 4.78 is 20.6. The summed E-state index contributed by atoms with van der Waals surface area (Å²) in [7, 11) is 0. The van der Waals surface area contributed by atoms with Crippen molar-refractivity contribution in [2.45, 2.75) is 25.4 Å². The van der Waals surface area contributed by atoms with Gasteiger partial charge in [0.25, 0.3) is 11.8 Å². The molecule has 8 heteroatoms. The third-order valence-corrected chi connectivity index (χ3v) is 5.97. The van der Waals surface area contributed by atoms with E-state index in [2.05, 4.69) is 4.98 Å². The molecule has 2 aromatic carbocycles. The molecule has 1 aliphatic heterocycles. The van der Waals surface area contributed by atoms with Gasteiger partial charge in [0.05, 0.1) is 5.56 Å². The molecule has 3 aromatic rings. The zero-order valence-electron chi connectivity index (χ0n) is 17.1. The molecule has 0 unspecified atom stereocenters. The number of carbonyl (C=O) groups excluding carboxylic acids is 2. The van der Waals surface area contributed by atoms with Gasteiger partial charge >= 0.3 is 0 Å². The SMILES string of the molecule is Cc1ccc2nc(-c3ccc(C(=O)N4CCN(C(=O)C5(O)CC5)CC4)c(F)c3)oc2c1. The quantitative estimate of drug-likeness (QED) is 0.700. The summed E-state index contributed by atoms with van der Waals surface area (Å²) in [5.41, 5.74) is 1.56. The Morgan fingerprint density at radius 2 is 1.77 bits per heavy atom.